The van der Waals surface area contributed by atoms with Crippen LogP contribution in [0, 0.1) is 0 Å². The standard InChI is InChI=1S/C19H14F4N6O2/c20-8-16-27-28-17(31-16)12-4-5-29-14(9-24-15(29)7-12)11-2-1-3-13(6-11)26-18(30)25-10-19(21,22)23/h1-7,9H,8,10H2,(H2,25,26,30). The molecule has 0 saturated heterocycles. The number of urea groups is 1. The Bertz CT molecular complexity index is 1230. The fraction of sp³-hybridized carbons (Fsp3) is 0.158. The van der Waals surface area contributed by atoms with Gasteiger partial charge in [-0.25, -0.2) is 14.2 Å². The van der Waals surface area contributed by atoms with Gasteiger partial charge in [0.2, 0.25) is 11.8 Å². The average molecular weight is 434 g/mol. The molecule has 8 nitrogen and oxygen atoms in total. The number of hydrogen-bond acceptors (Lipinski definition) is 5. The van der Waals surface area contributed by atoms with Gasteiger partial charge < -0.3 is 15.1 Å². The number of amides is 2. The van der Waals surface area contributed by atoms with Crippen LogP contribution in [-0.4, -0.2) is 38.3 Å². The van der Waals surface area contributed by atoms with Crippen LogP contribution in [0.15, 0.2) is 53.2 Å². The van der Waals surface area contributed by atoms with E-state index in [1.165, 1.54) is 0 Å². The fourth-order valence-corrected chi connectivity index (χ4v) is 2.86. The highest BCUT2D eigenvalue weighted by Crippen LogP contribution is 2.26. The molecule has 0 radical (unpaired) electrons. The highest BCUT2D eigenvalue weighted by Gasteiger charge is 2.27. The second kappa shape index (κ2) is 8.05. The fourth-order valence-electron chi connectivity index (χ4n) is 2.86. The zero-order chi connectivity index (χ0) is 22.0. The number of nitrogens with zero attached hydrogens (tertiary/aromatic N) is 4. The molecule has 0 unspecified atom stereocenters. The van der Waals surface area contributed by atoms with Crippen molar-refractivity contribution in [2.24, 2.45) is 0 Å². The second-order valence-corrected chi connectivity index (χ2v) is 6.43. The smallest absolute Gasteiger partial charge is 0.405 e. The molecule has 0 spiro atoms. The molecule has 0 aliphatic rings. The molecule has 0 fully saturated rings. The lowest BCUT2D eigenvalue weighted by Crippen LogP contribution is -2.36. The van der Waals surface area contributed by atoms with E-state index in [2.05, 4.69) is 20.5 Å². The Morgan fingerprint density at radius 2 is 1.97 bits per heavy atom. The molecule has 2 amide bonds. The van der Waals surface area contributed by atoms with E-state index in [0.717, 1.165) is 0 Å². The first-order valence-corrected chi connectivity index (χ1v) is 8.90. The van der Waals surface area contributed by atoms with Gasteiger partial charge in [0.25, 0.3) is 0 Å². The summed E-state index contributed by atoms with van der Waals surface area (Å²) in [4.78, 5) is 16.0. The molecule has 160 valence electrons. The van der Waals surface area contributed by atoms with Crippen molar-refractivity contribution >= 4 is 17.4 Å². The lowest BCUT2D eigenvalue weighted by atomic mass is 10.1. The average Bonchev–Trinajstić information content (AvgIpc) is 3.38. The minimum absolute atomic E-state index is 0.123. The van der Waals surface area contributed by atoms with Crippen LogP contribution in [0.25, 0.3) is 28.4 Å². The lowest BCUT2D eigenvalue weighted by Gasteiger charge is -2.10. The number of pyridine rings is 1. The highest BCUT2D eigenvalue weighted by atomic mass is 19.4. The van der Waals surface area contributed by atoms with Crippen LogP contribution in [0.4, 0.5) is 28.0 Å². The van der Waals surface area contributed by atoms with Crippen LogP contribution in [0.3, 0.4) is 0 Å². The molecule has 3 aromatic heterocycles. The molecule has 4 aromatic rings. The number of nitrogens with one attached hydrogen (secondary N) is 2. The van der Waals surface area contributed by atoms with Crippen LogP contribution in [0.1, 0.15) is 5.89 Å². The van der Waals surface area contributed by atoms with Gasteiger partial charge in [-0.3, -0.25) is 4.40 Å². The summed E-state index contributed by atoms with van der Waals surface area (Å²) in [5.41, 5.74) is 2.78. The third-order valence-electron chi connectivity index (χ3n) is 4.21. The predicted octanol–water partition coefficient (Wildman–Crippen LogP) is 4.20. The summed E-state index contributed by atoms with van der Waals surface area (Å²) in [7, 11) is 0. The minimum atomic E-state index is -4.50. The maximum atomic E-state index is 12.6. The first-order valence-electron chi connectivity index (χ1n) is 8.90. The van der Waals surface area contributed by atoms with Gasteiger partial charge in [0.05, 0.1) is 11.9 Å². The molecule has 12 heteroatoms. The molecule has 0 saturated carbocycles. The first kappa shape index (κ1) is 20.3. The van der Waals surface area contributed by atoms with E-state index < -0.39 is 25.4 Å². The molecule has 0 aliphatic carbocycles. The van der Waals surface area contributed by atoms with Crippen LogP contribution in [0.5, 0.6) is 0 Å². The number of hydrogen-bond donors (Lipinski definition) is 2. The Hall–Kier alpha value is -3.96. The summed E-state index contributed by atoms with van der Waals surface area (Å²) < 4.78 is 56.3. The number of rotatable bonds is 5. The van der Waals surface area contributed by atoms with Crippen molar-refractivity contribution in [1.82, 2.24) is 24.9 Å². The number of aromatic nitrogens is 4. The van der Waals surface area contributed by atoms with Crippen molar-refractivity contribution in [1.29, 1.82) is 0 Å². The first-order chi connectivity index (χ1) is 14.8. The number of carbonyl (C=O) groups excluding carboxylic acids is 1. The maximum absolute atomic E-state index is 12.6. The molecular formula is C19H14F4N6O2. The Labute approximate surface area is 171 Å². The Morgan fingerprint density at radius 1 is 1.13 bits per heavy atom. The monoisotopic (exact) mass is 434 g/mol. The summed E-state index contributed by atoms with van der Waals surface area (Å²) in [5.74, 6) is 0.0401. The molecule has 0 aliphatic heterocycles. The number of anilines is 1. The predicted molar refractivity (Wildman–Crippen MR) is 102 cm³/mol. The minimum Gasteiger partial charge on any atom is -0.418 e. The van der Waals surface area contributed by atoms with Crippen molar-refractivity contribution in [2.75, 3.05) is 11.9 Å². The van der Waals surface area contributed by atoms with Crippen LogP contribution < -0.4 is 10.6 Å². The van der Waals surface area contributed by atoms with Crippen molar-refractivity contribution in [3.63, 3.8) is 0 Å². The van der Waals surface area contributed by atoms with Crippen molar-refractivity contribution in [3.05, 3.63) is 54.7 Å². The van der Waals surface area contributed by atoms with E-state index in [-0.39, 0.29) is 11.8 Å². The zero-order valence-electron chi connectivity index (χ0n) is 15.7. The number of carbonyl (C=O) groups is 1. The second-order valence-electron chi connectivity index (χ2n) is 6.43. The van der Waals surface area contributed by atoms with E-state index in [1.54, 1.807) is 58.5 Å². The molecule has 0 atom stereocenters. The van der Waals surface area contributed by atoms with E-state index >= 15 is 0 Å². The number of imidazole rings is 1. The third-order valence-corrected chi connectivity index (χ3v) is 4.21. The molecular weight excluding hydrogens is 420 g/mol. The number of fused-ring (bicyclic) bond motifs is 1. The highest BCUT2D eigenvalue weighted by molar-refractivity contribution is 5.90. The largest absolute Gasteiger partial charge is 0.418 e. The van der Waals surface area contributed by atoms with Crippen molar-refractivity contribution in [3.8, 4) is 22.7 Å². The van der Waals surface area contributed by atoms with Gasteiger partial charge in [-0.15, -0.1) is 10.2 Å². The SMILES string of the molecule is O=C(NCC(F)(F)F)Nc1cccc(-c2cnc3cc(-c4nnc(CF)o4)ccn23)c1. The van der Waals surface area contributed by atoms with E-state index in [0.29, 0.717) is 28.2 Å². The van der Waals surface area contributed by atoms with Gasteiger partial charge in [0.15, 0.2) is 6.67 Å². The maximum Gasteiger partial charge on any atom is 0.405 e. The third kappa shape index (κ3) is 4.63. The quantitative estimate of drug-likeness (QED) is 0.459. The Balaban J connectivity index is 1.56. The molecule has 1 aromatic carbocycles. The van der Waals surface area contributed by atoms with Gasteiger partial charge in [-0.05, 0) is 24.3 Å². The van der Waals surface area contributed by atoms with Gasteiger partial charge in [-0.1, -0.05) is 12.1 Å². The van der Waals surface area contributed by atoms with Gasteiger partial charge in [0.1, 0.15) is 12.2 Å². The summed E-state index contributed by atoms with van der Waals surface area (Å²) in [6.07, 6.45) is -1.19. The van der Waals surface area contributed by atoms with Gasteiger partial charge in [0, 0.05) is 23.0 Å². The molecule has 31 heavy (non-hydrogen) atoms. The molecule has 2 N–H and O–H groups in total. The van der Waals surface area contributed by atoms with Crippen LogP contribution in [-0.2, 0) is 6.67 Å². The summed E-state index contributed by atoms with van der Waals surface area (Å²) >= 11 is 0. The van der Waals surface area contributed by atoms with Gasteiger partial charge >= 0.3 is 12.2 Å². The number of benzene rings is 1. The van der Waals surface area contributed by atoms with Crippen molar-refractivity contribution in [2.45, 2.75) is 12.9 Å². The normalized spacial score (nSPS) is 11.6. The molecule has 3 heterocycles. The summed E-state index contributed by atoms with van der Waals surface area (Å²) in [6.45, 7) is -2.29. The van der Waals surface area contributed by atoms with Crippen LogP contribution in [0.2, 0.25) is 0 Å². The number of alkyl halides is 4. The zero-order valence-corrected chi connectivity index (χ0v) is 15.7. The Kier molecular flexibility index (Phi) is 5.28. The van der Waals surface area contributed by atoms with Crippen LogP contribution >= 0.6 is 0 Å². The topological polar surface area (TPSA) is 97.3 Å². The van der Waals surface area contributed by atoms with E-state index in [1.807, 2.05) is 0 Å². The van der Waals surface area contributed by atoms with E-state index in [9.17, 15) is 22.4 Å². The lowest BCUT2D eigenvalue weighted by molar-refractivity contribution is -0.122. The molecule has 0 bridgehead atoms. The Morgan fingerprint density at radius 3 is 2.71 bits per heavy atom. The number of halogens is 4. The summed E-state index contributed by atoms with van der Waals surface area (Å²) in [5, 5.41) is 11.5. The van der Waals surface area contributed by atoms with E-state index in [4.69, 9.17) is 4.42 Å². The van der Waals surface area contributed by atoms with Gasteiger partial charge in [-0.2, -0.15) is 13.2 Å². The van der Waals surface area contributed by atoms with Crippen molar-refractivity contribution < 1.29 is 26.8 Å². The summed E-state index contributed by atoms with van der Waals surface area (Å²) in [6, 6.07) is 8.99. The molecule has 4 rings (SSSR count).